The van der Waals surface area contributed by atoms with Gasteiger partial charge in [-0.15, -0.1) is 0 Å². The fourth-order valence-corrected chi connectivity index (χ4v) is 0. The molecule has 6 N–H and O–H groups in total. The van der Waals surface area contributed by atoms with Crippen molar-refractivity contribution in [1.82, 2.24) is 0 Å². The second-order valence-electron chi connectivity index (χ2n) is 1.05. The first-order valence-corrected chi connectivity index (χ1v) is 4.78. The molecule has 0 aromatic rings. The van der Waals surface area contributed by atoms with Crippen LogP contribution >= 0.6 is 0 Å². The van der Waals surface area contributed by atoms with Crippen LogP contribution in [-0.4, -0.2) is 101 Å². The van der Waals surface area contributed by atoms with E-state index < -0.39 is 19.4 Å². The second-order valence-corrected chi connectivity index (χ2v) is 3.14. The third-order valence-electron chi connectivity index (χ3n) is 0. The van der Waals surface area contributed by atoms with Crippen LogP contribution in [0.15, 0.2) is 0 Å². The summed E-state index contributed by atoms with van der Waals surface area (Å²) in [5, 5.41) is 0. The van der Waals surface area contributed by atoms with Crippen LogP contribution in [0.4, 0.5) is 0 Å². The molecule has 0 radical (unpaired) electrons. The van der Waals surface area contributed by atoms with Crippen LogP contribution in [-0.2, 0) is 10.4 Å². The van der Waals surface area contributed by atoms with Crippen LogP contribution < -0.4 is 80.9 Å². The van der Waals surface area contributed by atoms with Gasteiger partial charge in [-0.05, 0) is 0 Å². The molecule has 0 fully saturated rings. The van der Waals surface area contributed by atoms with Gasteiger partial charge in [0.05, 0.1) is 0 Å². The third kappa shape index (κ3) is 203. The predicted octanol–water partition coefficient (Wildman–Crippen LogP) is -10.4. The summed E-state index contributed by atoms with van der Waals surface area (Å²) in [6, 6.07) is 0. The zero-order chi connectivity index (χ0) is 9.00. The molecule has 0 bridgehead atoms. The van der Waals surface area contributed by atoms with E-state index in [1.165, 1.54) is 0 Å². The quantitative estimate of drug-likeness (QED) is 0.189. The van der Waals surface area contributed by atoms with Crippen molar-refractivity contribution in [2.24, 2.45) is 0 Å². The van der Waals surface area contributed by atoms with Gasteiger partial charge in [-0.3, -0.25) is 9.11 Å². The van der Waals surface area contributed by atoms with Crippen molar-refractivity contribution in [3.05, 3.63) is 0 Å². The molecule has 0 aliphatic rings. The van der Waals surface area contributed by atoms with Gasteiger partial charge in [-0.2, -0.15) is 8.42 Å². The van der Waals surface area contributed by atoms with E-state index >= 15 is 0 Å². The first-order chi connectivity index (χ1) is 4.00. The molecular weight excluding hydrogens is 317 g/mol. The Hall–Kier alpha value is 4.36. The van der Waals surface area contributed by atoms with Crippen LogP contribution in [0.25, 0.3) is 0 Å². The maximum absolute atomic E-state index is 8.74. The Morgan fingerprint density at radius 1 is 1.00 bits per heavy atom. The summed E-state index contributed by atoms with van der Waals surface area (Å²) in [6.45, 7) is 0. The van der Waals surface area contributed by atoms with Gasteiger partial charge in [0.25, 0.3) is 0 Å². The summed E-state index contributed by atoms with van der Waals surface area (Å²) >= 11 is 0. The smallest absolute Gasteiger partial charge is 1.00 e. The van der Waals surface area contributed by atoms with Crippen LogP contribution in [0.3, 0.4) is 0 Å². The van der Waals surface area contributed by atoms with E-state index in [0.717, 1.165) is 0 Å². The van der Waals surface area contributed by atoms with E-state index in [9.17, 15) is 0 Å². The van der Waals surface area contributed by atoms with Crippen molar-refractivity contribution in [3.8, 4) is 0 Å². The molecule has 14 heteroatoms. The first-order valence-electron chi connectivity index (χ1n) is 1.59. The molecule has 0 amide bonds. The Labute approximate surface area is 193 Å². The molecule has 0 aliphatic carbocycles. The molecule has 8 nitrogen and oxygen atoms in total. The maximum atomic E-state index is 8.74. The van der Waals surface area contributed by atoms with Crippen molar-refractivity contribution >= 4 is 74.5 Å². The monoisotopic (exact) mass is 330 g/mol. The van der Waals surface area contributed by atoms with E-state index in [-0.39, 0.29) is 142 Å². The van der Waals surface area contributed by atoms with Gasteiger partial charge in [-0.1, -0.05) is 0 Å². The van der Waals surface area contributed by atoms with Crippen LogP contribution in [0.1, 0.15) is 5.71 Å². The number of hydrogen-bond donors (Lipinski definition) is 6. The molecule has 0 atom stereocenters. The van der Waals surface area contributed by atoms with Gasteiger partial charge in [0.1, 0.15) is 0 Å². The molecule has 0 aliphatic heterocycles. The molecule has 0 rings (SSSR count). The van der Waals surface area contributed by atoms with E-state index in [1.54, 1.807) is 0 Å². The number of rotatable bonds is 0. The minimum Gasteiger partial charge on any atom is -1.00 e. The van der Waals surface area contributed by atoms with E-state index in [0.29, 0.717) is 0 Å². The summed E-state index contributed by atoms with van der Waals surface area (Å²) < 4.78 is 31.6. The molecule has 0 heterocycles. The van der Waals surface area contributed by atoms with E-state index in [1.807, 2.05) is 0 Å². The van der Waals surface area contributed by atoms with Gasteiger partial charge in [0.15, 0.2) is 17.4 Å². The molecule has 0 saturated heterocycles. The Morgan fingerprint density at radius 3 is 1.00 bits per heavy atom. The van der Waals surface area contributed by atoms with Crippen LogP contribution in [0.2, 0.25) is 0 Å². The molecular formula is H13AlCaKNaO8SSi. The summed E-state index contributed by atoms with van der Waals surface area (Å²) in [4.78, 5) is 29.3. The summed E-state index contributed by atoms with van der Waals surface area (Å²) in [6.07, 6.45) is 0. The molecule has 0 aromatic heterocycles. The number of hydrogen-bond acceptors (Lipinski definition) is 6. The molecule has 78 valence electrons. The fraction of sp³-hybridized carbons (Fsp3) is 0. The van der Waals surface area contributed by atoms with Gasteiger partial charge in [0.2, 0.25) is 0 Å². The summed E-state index contributed by atoms with van der Waals surface area (Å²) in [5.74, 6) is 0. The maximum Gasteiger partial charge on any atom is 2.00 e. The SMILES string of the molecule is O=S(=O)(O)O.O[Si](O)(O)O.[AlH3].[Ca+2].[H-].[H-].[H-].[H-].[K+].[Na+]. The second kappa shape index (κ2) is 17.4. The minimum absolute atomic E-state index is 0. The third-order valence-corrected chi connectivity index (χ3v) is 0. The Kier molecular flexibility index (Phi) is 44.9. The zero-order valence-corrected chi connectivity index (χ0v) is 16.3. The molecule has 0 unspecified atom stereocenters. The molecule has 0 spiro atoms. The van der Waals surface area contributed by atoms with Gasteiger partial charge in [-0.25, -0.2) is 0 Å². The van der Waals surface area contributed by atoms with Crippen LogP contribution in [0, 0.1) is 0 Å². The molecule has 0 saturated carbocycles. The van der Waals surface area contributed by atoms with Crippen LogP contribution in [0.5, 0.6) is 0 Å². The zero-order valence-electron chi connectivity index (χ0n) is 11.1. The largest absolute Gasteiger partial charge is 2.00 e. The Bertz CT molecular complexity index is 178. The summed E-state index contributed by atoms with van der Waals surface area (Å²) in [5.41, 5.74) is 0. The molecule has 14 heavy (non-hydrogen) atoms. The Morgan fingerprint density at radius 2 is 1.00 bits per heavy atom. The van der Waals surface area contributed by atoms with E-state index in [4.69, 9.17) is 36.7 Å². The predicted molar refractivity (Wildman–Crippen MR) is 48.9 cm³/mol. The van der Waals surface area contributed by atoms with Gasteiger partial charge < -0.3 is 24.9 Å². The van der Waals surface area contributed by atoms with Crippen molar-refractivity contribution in [2.45, 2.75) is 0 Å². The fourth-order valence-electron chi connectivity index (χ4n) is 0. The minimum atomic E-state index is -4.67. The van der Waals surface area contributed by atoms with E-state index in [2.05, 4.69) is 0 Å². The summed E-state index contributed by atoms with van der Waals surface area (Å²) in [7, 11) is -9.28. The van der Waals surface area contributed by atoms with Gasteiger partial charge >= 0.3 is 138 Å². The van der Waals surface area contributed by atoms with Crippen molar-refractivity contribution < 1.29 is 123 Å². The molecule has 0 aromatic carbocycles. The van der Waals surface area contributed by atoms with Gasteiger partial charge in [0, 0.05) is 0 Å². The Balaban J connectivity index is -0.00000000615. The topological polar surface area (TPSA) is 156 Å². The van der Waals surface area contributed by atoms with Crippen molar-refractivity contribution in [2.75, 3.05) is 0 Å². The average molecular weight is 330 g/mol. The first kappa shape index (κ1) is 36.2. The van der Waals surface area contributed by atoms with Crippen molar-refractivity contribution in [3.63, 3.8) is 0 Å². The van der Waals surface area contributed by atoms with Crippen molar-refractivity contribution in [1.29, 1.82) is 0 Å². The standard InChI is InChI=1S/Al.Ca.K.Na.H2O4S.H4O4Si.7H/c;;;;2*1-5(2,3)4;;;;;;;/h;;;;(H2,1,2,3,4);1-4H;;;;;;;/q;+2;2*+1;;;;;;4*-1. The normalized spacial score (nSPS) is 8.43. The average Bonchev–Trinajstić information content (AvgIpc) is 1.12.